The predicted octanol–water partition coefficient (Wildman–Crippen LogP) is 5.17. The molecule has 0 saturated heterocycles. The first kappa shape index (κ1) is 23.0. The van der Waals surface area contributed by atoms with Gasteiger partial charge in [-0.2, -0.15) is 0 Å². The molecular formula is C25H28F2N4O2. The van der Waals surface area contributed by atoms with E-state index in [4.69, 9.17) is 15.2 Å². The topological polar surface area (TPSA) is 94.0 Å². The van der Waals surface area contributed by atoms with Crippen LogP contribution in [0.3, 0.4) is 0 Å². The molecule has 2 aromatic rings. The van der Waals surface area contributed by atoms with Crippen LogP contribution < -0.4 is 0 Å². The summed E-state index contributed by atoms with van der Waals surface area (Å²) in [6.45, 7) is 8.49. The second kappa shape index (κ2) is 8.01. The molecule has 1 amide bonds. The van der Waals surface area contributed by atoms with Crippen LogP contribution in [0.4, 0.5) is 8.78 Å². The third-order valence-electron chi connectivity index (χ3n) is 7.57. The molecule has 2 bridgehead atoms. The van der Waals surface area contributed by atoms with Crippen LogP contribution in [0.5, 0.6) is 0 Å². The van der Waals surface area contributed by atoms with Crippen molar-refractivity contribution < 1.29 is 18.0 Å². The molecule has 174 valence electrons. The number of carbonyl (C=O) groups excluding carboxylic acids is 1. The number of benzene rings is 1. The molecule has 0 unspecified atom stereocenters. The van der Waals surface area contributed by atoms with Crippen molar-refractivity contribution in [3.63, 3.8) is 0 Å². The lowest BCUT2D eigenvalue weighted by molar-refractivity contribution is 0.0592. The first-order chi connectivity index (χ1) is 15.5. The fourth-order valence-electron chi connectivity index (χ4n) is 5.61. The van der Waals surface area contributed by atoms with Crippen LogP contribution >= 0.6 is 0 Å². The zero-order valence-electron chi connectivity index (χ0n) is 19.3. The van der Waals surface area contributed by atoms with Crippen molar-refractivity contribution in [2.75, 3.05) is 13.1 Å². The van der Waals surface area contributed by atoms with E-state index in [0.29, 0.717) is 30.1 Å². The Balaban J connectivity index is 1.68. The van der Waals surface area contributed by atoms with E-state index in [-0.39, 0.29) is 28.8 Å². The van der Waals surface area contributed by atoms with Crippen molar-refractivity contribution >= 4 is 17.3 Å². The molecule has 2 atom stereocenters. The number of amides is 1. The molecule has 2 fully saturated rings. The molecule has 0 radical (unpaired) electrons. The molecule has 6 nitrogen and oxygen atoms in total. The molecule has 2 aliphatic carbocycles. The number of rotatable bonds is 6. The van der Waals surface area contributed by atoms with Gasteiger partial charge in [0.05, 0.1) is 17.0 Å². The summed E-state index contributed by atoms with van der Waals surface area (Å²) < 4.78 is 33.8. The van der Waals surface area contributed by atoms with Gasteiger partial charge in [0.15, 0.2) is 0 Å². The van der Waals surface area contributed by atoms with Crippen molar-refractivity contribution in [3.8, 4) is 0 Å². The van der Waals surface area contributed by atoms with Gasteiger partial charge in [0.25, 0.3) is 5.89 Å². The van der Waals surface area contributed by atoms with Crippen LogP contribution in [0.25, 0.3) is 0 Å². The molecule has 33 heavy (non-hydrogen) atoms. The van der Waals surface area contributed by atoms with E-state index in [1.807, 2.05) is 6.92 Å². The Bertz CT molecular complexity index is 1160. The average Bonchev–Trinajstić information content (AvgIpc) is 3.34. The molecular weight excluding hydrogens is 426 g/mol. The summed E-state index contributed by atoms with van der Waals surface area (Å²) in [4.78, 5) is 18.9. The predicted molar refractivity (Wildman–Crippen MR) is 121 cm³/mol. The van der Waals surface area contributed by atoms with Gasteiger partial charge in [-0.1, -0.05) is 19.9 Å². The van der Waals surface area contributed by atoms with Gasteiger partial charge in [0, 0.05) is 24.2 Å². The highest BCUT2D eigenvalue weighted by atomic mass is 19.1. The molecule has 1 aromatic carbocycles. The summed E-state index contributed by atoms with van der Waals surface area (Å²) in [6.07, 6.45) is 4.36. The third kappa shape index (κ3) is 3.43. The van der Waals surface area contributed by atoms with E-state index in [1.54, 1.807) is 11.8 Å². The van der Waals surface area contributed by atoms with Gasteiger partial charge in [-0.15, -0.1) is 0 Å². The van der Waals surface area contributed by atoms with Gasteiger partial charge in [0.2, 0.25) is 0 Å². The lowest BCUT2D eigenvalue weighted by Crippen LogP contribution is -2.48. The fourth-order valence-corrected chi connectivity index (χ4v) is 5.61. The Morgan fingerprint density at radius 3 is 2.58 bits per heavy atom. The number of carbonyl (C=O) groups is 1. The van der Waals surface area contributed by atoms with Crippen LogP contribution in [-0.4, -0.2) is 40.3 Å². The number of aryl methyl sites for hydroxylation is 1. The van der Waals surface area contributed by atoms with Crippen LogP contribution in [0.15, 0.2) is 40.5 Å². The zero-order valence-corrected chi connectivity index (χ0v) is 19.3. The number of halogens is 2. The second-order valence-electron chi connectivity index (χ2n) is 9.49. The van der Waals surface area contributed by atoms with Crippen LogP contribution in [0.2, 0.25) is 0 Å². The lowest BCUT2D eigenvalue weighted by atomic mass is 9.68. The van der Waals surface area contributed by atoms with Crippen molar-refractivity contribution in [1.29, 1.82) is 10.8 Å². The molecule has 1 heterocycles. The monoisotopic (exact) mass is 454 g/mol. The van der Waals surface area contributed by atoms with Crippen molar-refractivity contribution in [3.05, 3.63) is 64.9 Å². The number of allylic oxidation sites excluding steroid dienone is 2. The summed E-state index contributed by atoms with van der Waals surface area (Å²) >= 11 is 0. The molecule has 1 aromatic heterocycles. The highest BCUT2D eigenvalue weighted by Crippen LogP contribution is 2.66. The highest BCUT2D eigenvalue weighted by molar-refractivity contribution is 6.15. The Labute approximate surface area is 191 Å². The largest absolute Gasteiger partial charge is 0.441 e. The van der Waals surface area contributed by atoms with Gasteiger partial charge in [-0.3, -0.25) is 4.79 Å². The smallest absolute Gasteiger partial charge is 0.309 e. The van der Waals surface area contributed by atoms with E-state index < -0.39 is 22.6 Å². The van der Waals surface area contributed by atoms with Gasteiger partial charge < -0.3 is 20.1 Å². The zero-order chi connectivity index (χ0) is 24.1. The van der Waals surface area contributed by atoms with Gasteiger partial charge in [-0.25, -0.2) is 13.8 Å². The number of hydrogen-bond donors (Lipinski definition) is 2. The molecule has 8 heteroatoms. The number of hydrogen-bond acceptors (Lipinski definition) is 5. The van der Waals surface area contributed by atoms with Gasteiger partial charge >= 0.3 is 5.91 Å². The van der Waals surface area contributed by atoms with E-state index in [0.717, 1.165) is 25.0 Å². The Morgan fingerprint density at radius 1 is 1.33 bits per heavy atom. The lowest BCUT2D eigenvalue weighted by Gasteiger charge is -2.41. The van der Waals surface area contributed by atoms with E-state index in [1.165, 1.54) is 18.4 Å². The number of nitrogens with zero attached hydrogens (tertiary/aromatic N) is 2. The molecule has 4 rings (SSSR count). The normalized spacial score (nSPS) is 24.5. The maximum Gasteiger partial charge on any atom is 0.309 e. The Hall–Kier alpha value is -3.16. The van der Waals surface area contributed by atoms with Crippen molar-refractivity contribution in [2.45, 2.75) is 40.5 Å². The second-order valence-corrected chi connectivity index (χ2v) is 9.49. The fraction of sp³-hybridized carbons (Fsp3) is 0.440. The maximum absolute atomic E-state index is 14.2. The van der Waals surface area contributed by atoms with Crippen LogP contribution in [-0.2, 0) is 0 Å². The number of oxazole rings is 1. The quantitative estimate of drug-likeness (QED) is 0.590. The maximum atomic E-state index is 14.2. The van der Waals surface area contributed by atoms with Crippen molar-refractivity contribution in [1.82, 2.24) is 9.88 Å². The van der Waals surface area contributed by atoms with E-state index in [9.17, 15) is 13.6 Å². The molecule has 2 aliphatic rings. The summed E-state index contributed by atoms with van der Waals surface area (Å²) in [7, 11) is 0. The van der Waals surface area contributed by atoms with E-state index >= 15 is 0 Å². The highest BCUT2D eigenvalue weighted by Gasteiger charge is 2.65. The number of nitrogens with one attached hydrogen (secondary N) is 2. The Morgan fingerprint density at radius 2 is 2.00 bits per heavy atom. The van der Waals surface area contributed by atoms with Crippen molar-refractivity contribution in [2.24, 2.45) is 16.7 Å². The first-order valence-electron chi connectivity index (χ1n) is 11.1. The van der Waals surface area contributed by atoms with Crippen LogP contribution in [0.1, 0.15) is 55.6 Å². The van der Waals surface area contributed by atoms with E-state index in [2.05, 4.69) is 18.8 Å². The minimum absolute atomic E-state index is 0.0233. The van der Waals surface area contributed by atoms with Gasteiger partial charge in [-0.05, 0) is 61.8 Å². The average molecular weight is 455 g/mol. The molecule has 0 aliphatic heterocycles. The van der Waals surface area contributed by atoms with Gasteiger partial charge in [0.1, 0.15) is 17.9 Å². The number of fused-ring (bicyclic) bond motifs is 2. The minimum atomic E-state index is -0.801. The SMILES string of the molecule is CCN(C[C@@]12CC[C@@H](/C(=C/C(=N)c3c(F)cccc3F)C1=N)C2(C)C)C(=O)c1nc(C)co1. The molecule has 0 spiro atoms. The molecule has 2 saturated carbocycles. The summed E-state index contributed by atoms with van der Waals surface area (Å²) in [6, 6.07) is 3.51. The third-order valence-corrected chi connectivity index (χ3v) is 7.57. The number of aromatic nitrogens is 1. The molecule has 2 N–H and O–H groups in total. The standard InChI is InChI=1S/C25H28F2N4O2/c1-5-31(23(32)22-30-14(2)12-33-22)13-25-10-9-16(24(25,3)4)15(21(25)29)11-19(28)20-17(26)7-6-8-18(20)27/h6-8,11-12,16,28-29H,5,9-10,13H2,1-4H3/b15-11-,28-19?,29-21?/t16-,25-/m0/s1. The minimum Gasteiger partial charge on any atom is -0.441 e. The summed E-state index contributed by atoms with van der Waals surface area (Å²) in [5, 5.41) is 17.4. The summed E-state index contributed by atoms with van der Waals surface area (Å²) in [5.41, 5.74) is -0.115. The first-order valence-corrected chi connectivity index (χ1v) is 11.1. The summed E-state index contributed by atoms with van der Waals surface area (Å²) in [5.74, 6) is -1.95. The van der Waals surface area contributed by atoms with Crippen LogP contribution in [0, 0.1) is 46.1 Å². The Kier molecular flexibility index (Phi) is 5.58.